The Morgan fingerprint density at radius 2 is 0.785 bits per heavy atom. The van der Waals surface area contributed by atoms with E-state index in [1.807, 2.05) is 0 Å². The summed E-state index contributed by atoms with van der Waals surface area (Å²) >= 11 is 0. The predicted molar refractivity (Wildman–Crippen MR) is 270 cm³/mol. The van der Waals surface area contributed by atoms with Crippen molar-refractivity contribution >= 4 is 84.9 Å². The van der Waals surface area contributed by atoms with Gasteiger partial charge in [-0.15, -0.1) is 0 Å². The van der Waals surface area contributed by atoms with E-state index in [1.54, 1.807) is 0 Å². The number of nitrogens with zero attached hydrogens (tertiary/aromatic N) is 2. The minimum absolute atomic E-state index is 0.637. The maximum atomic E-state index is 7.28. The molecule has 10 aromatic carbocycles. The van der Waals surface area contributed by atoms with Gasteiger partial charge in [-0.3, -0.25) is 0 Å². The first-order chi connectivity index (χ1) is 32.3. The van der Waals surface area contributed by atoms with E-state index >= 15 is 0 Å². The lowest BCUT2D eigenvalue weighted by Gasteiger charge is -2.51. The first kappa shape index (κ1) is 35.3. The van der Waals surface area contributed by atoms with E-state index in [-0.39, 0.29) is 0 Å². The van der Waals surface area contributed by atoms with Gasteiger partial charge in [-0.05, 0) is 114 Å². The zero-order chi connectivity index (χ0) is 42.4. The minimum atomic E-state index is -2.86. The number of hydrogen-bond acceptors (Lipinski definition) is 3. The van der Waals surface area contributed by atoms with Gasteiger partial charge >= 0.3 is 0 Å². The van der Waals surface area contributed by atoms with E-state index < -0.39 is 13.5 Å². The molecule has 302 valence electrons. The van der Waals surface area contributed by atoms with Crippen LogP contribution in [-0.4, -0.2) is 8.07 Å². The molecule has 4 heteroatoms. The Morgan fingerprint density at radius 1 is 0.354 bits per heavy atom. The third-order valence-corrected chi connectivity index (χ3v) is 20.0. The Balaban J connectivity index is 1.09. The monoisotopic (exact) mass is 842 g/mol. The highest BCUT2D eigenvalue weighted by Crippen LogP contribution is 2.64. The highest BCUT2D eigenvalue weighted by atomic mass is 28.3. The zero-order valence-electron chi connectivity index (χ0n) is 35.2. The van der Waals surface area contributed by atoms with Gasteiger partial charge in [0.25, 0.3) is 0 Å². The molecule has 4 aliphatic rings. The molecule has 2 spiro atoms. The van der Waals surface area contributed by atoms with Crippen LogP contribution < -0.4 is 30.5 Å². The molecule has 0 saturated carbocycles. The van der Waals surface area contributed by atoms with Crippen LogP contribution >= 0.6 is 0 Å². The first-order valence-corrected chi connectivity index (χ1v) is 24.6. The van der Waals surface area contributed by atoms with Gasteiger partial charge in [-0.1, -0.05) is 182 Å². The normalized spacial score (nSPS) is 15.0. The highest BCUT2D eigenvalue weighted by Gasteiger charge is 2.56. The molecule has 0 unspecified atom stereocenters. The van der Waals surface area contributed by atoms with Crippen molar-refractivity contribution in [3.05, 3.63) is 253 Å². The molecule has 0 N–H and O–H groups in total. The molecule has 0 saturated heterocycles. The molecule has 65 heavy (non-hydrogen) atoms. The van der Waals surface area contributed by atoms with Crippen LogP contribution in [0.15, 0.2) is 235 Å². The van der Waals surface area contributed by atoms with Crippen LogP contribution in [0, 0.1) is 0 Å². The van der Waals surface area contributed by atoms with Crippen molar-refractivity contribution in [2.75, 3.05) is 9.80 Å². The fourth-order valence-corrected chi connectivity index (χ4v) is 18.4. The molecular formula is C61H38N2OSi. The first-order valence-electron chi connectivity index (χ1n) is 22.6. The van der Waals surface area contributed by atoms with E-state index in [1.165, 1.54) is 82.0 Å². The quantitative estimate of drug-likeness (QED) is 0.162. The summed E-state index contributed by atoms with van der Waals surface area (Å²) in [7, 11) is -2.86. The summed E-state index contributed by atoms with van der Waals surface area (Å²) in [6.45, 7) is 0. The molecule has 0 bridgehead atoms. The van der Waals surface area contributed by atoms with Crippen LogP contribution in [0.5, 0.6) is 0 Å². The number of hydrogen-bond donors (Lipinski definition) is 0. The van der Waals surface area contributed by atoms with Gasteiger partial charge in [-0.2, -0.15) is 0 Å². The SMILES string of the molecule is c1ccc(N2c3ccccc3C3(c4ccccc42)c2ccccc2N(c2cc4c(c5c2oc2ccccc25)-c2ccccc2[Si]42c4ccccc4-c4ccccc42)c2ccccc23)cc1. The average molecular weight is 843 g/mol. The van der Waals surface area contributed by atoms with E-state index in [2.05, 4.69) is 240 Å². The van der Waals surface area contributed by atoms with Gasteiger partial charge in [0.05, 0.1) is 33.9 Å². The molecular weight excluding hydrogens is 805 g/mol. The molecule has 3 nitrogen and oxygen atoms in total. The Kier molecular flexibility index (Phi) is 6.91. The summed E-state index contributed by atoms with van der Waals surface area (Å²) in [6, 6.07) is 86.2. The van der Waals surface area contributed by atoms with Gasteiger partial charge in [0.15, 0.2) is 13.7 Å². The van der Waals surface area contributed by atoms with Crippen molar-refractivity contribution in [1.82, 2.24) is 0 Å². The summed E-state index contributed by atoms with van der Waals surface area (Å²) in [5.74, 6) is 0. The third kappa shape index (κ3) is 4.22. The summed E-state index contributed by atoms with van der Waals surface area (Å²) < 4.78 is 7.28. The van der Waals surface area contributed by atoms with Crippen LogP contribution in [0.4, 0.5) is 34.1 Å². The minimum Gasteiger partial charge on any atom is -0.454 e. The van der Waals surface area contributed by atoms with Crippen LogP contribution in [-0.2, 0) is 5.41 Å². The van der Waals surface area contributed by atoms with Crippen LogP contribution in [0.3, 0.4) is 0 Å². The number of benzene rings is 10. The van der Waals surface area contributed by atoms with Gasteiger partial charge in [0, 0.05) is 16.5 Å². The highest BCUT2D eigenvalue weighted by molar-refractivity contribution is 7.24. The van der Waals surface area contributed by atoms with E-state index in [4.69, 9.17) is 4.42 Å². The standard InChI is InChI=1S/C61H38N2OSi/c1-2-20-39(21-3-1)62-48-30-12-8-26-44(48)61(45-27-9-13-31-49(45)62)46-28-10-14-32-50(46)63(51-33-15-11-29-47(51)61)52-38-57-58(59-42-24-4-16-34-53(42)64-60(52)59)43-25-7-19-37-56(43)65(57)54-35-17-5-22-40(54)41-23-6-18-36-55(41)65/h1-38H. The summed E-state index contributed by atoms with van der Waals surface area (Å²) in [4.78, 5) is 5.00. The Bertz CT molecular complexity index is 3690. The van der Waals surface area contributed by atoms with Crippen molar-refractivity contribution in [3.8, 4) is 22.3 Å². The van der Waals surface area contributed by atoms with Crippen LogP contribution in [0.1, 0.15) is 22.3 Å². The Labute approximate surface area is 377 Å². The molecule has 1 aromatic heterocycles. The lowest BCUT2D eigenvalue weighted by Crippen LogP contribution is -2.70. The maximum absolute atomic E-state index is 7.28. The molecule has 0 aliphatic carbocycles. The number of rotatable bonds is 2. The maximum Gasteiger partial charge on any atom is 0.182 e. The fourth-order valence-electron chi connectivity index (χ4n) is 12.8. The topological polar surface area (TPSA) is 19.6 Å². The number of fused-ring (bicyclic) bond motifs is 22. The second-order valence-electron chi connectivity index (χ2n) is 17.8. The third-order valence-electron chi connectivity index (χ3n) is 15.0. The lowest BCUT2D eigenvalue weighted by atomic mass is 9.60. The number of anilines is 6. The molecule has 0 radical (unpaired) electrons. The van der Waals surface area contributed by atoms with Crippen LogP contribution in [0.2, 0.25) is 0 Å². The van der Waals surface area contributed by atoms with Gasteiger partial charge in [-0.25, -0.2) is 0 Å². The van der Waals surface area contributed by atoms with Crippen LogP contribution in [0.25, 0.3) is 44.2 Å². The Morgan fingerprint density at radius 3 is 1.35 bits per heavy atom. The molecule has 0 fully saturated rings. The zero-order valence-corrected chi connectivity index (χ0v) is 36.2. The van der Waals surface area contributed by atoms with E-state index in [0.29, 0.717) is 0 Å². The van der Waals surface area contributed by atoms with Crippen molar-refractivity contribution in [2.24, 2.45) is 0 Å². The van der Waals surface area contributed by atoms with Gasteiger partial charge in [0.1, 0.15) is 5.58 Å². The van der Waals surface area contributed by atoms with Crippen molar-refractivity contribution < 1.29 is 4.42 Å². The molecule has 5 heterocycles. The van der Waals surface area contributed by atoms with Crippen molar-refractivity contribution in [1.29, 1.82) is 0 Å². The fraction of sp³-hybridized carbons (Fsp3) is 0.0164. The van der Waals surface area contributed by atoms with Gasteiger partial charge in [0.2, 0.25) is 0 Å². The Hall–Kier alpha value is -8.18. The lowest BCUT2D eigenvalue weighted by molar-refractivity contribution is 0.668. The number of para-hydroxylation sites is 6. The summed E-state index contributed by atoms with van der Waals surface area (Å²) in [5, 5.41) is 8.13. The molecule has 11 aromatic rings. The predicted octanol–water partition coefficient (Wildman–Crippen LogP) is 12.9. The largest absolute Gasteiger partial charge is 0.454 e. The summed E-state index contributed by atoms with van der Waals surface area (Å²) in [6.07, 6.45) is 0. The second-order valence-corrected chi connectivity index (χ2v) is 21.5. The molecule has 0 atom stereocenters. The molecule has 4 aliphatic heterocycles. The molecule has 15 rings (SSSR count). The smallest absolute Gasteiger partial charge is 0.182 e. The number of furan rings is 1. The average Bonchev–Trinajstić information content (AvgIpc) is 4.01. The van der Waals surface area contributed by atoms with Gasteiger partial charge < -0.3 is 14.2 Å². The molecule has 0 amide bonds. The second kappa shape index (κ2) is 12.7. The van der Waals surface area contributed by atoms with E-state index in [9.17, 15) is 0 Å². The summed E-state index contributed by atoms with van der Waals surface area (Å²) in [5.41, 5.74) is 18.3. The van der Waals surface area contributed by atoms with Crippen molar-refractivity contribution in [2.45, 2.75) is 5.41 Å². The van der Waals surface area contributed by atoms with Crippen molar-refractivity contribution in [3.63, 3.8) is 0 Å². The van der Waals surface area contributed by atoms with E-state index in [0.717, 1.165) is 39.3 Å².